The molecule has 254 valence electrons. The van der Waals surface area contributed by atoms with Crippen LogP contribution < -0.4 is 16.2 Å². The molecule has 0 aromatic rings. The minimum absolute atomic E-state index is 0.136. The Labute approximate surface area is 272 Å². The van der Waals surface area contributed by atoms with E-state index in [-0.39, 0.29) is 42.4 Å². The molecule has 7 heteroatoms. The molecule has 5 aliphatic rings. The van der Waals surface area contributed by atoms with Crippen molar-refractivity contribution < 1.29 is 29.9 Å². The van der Waals surface area contributed by atoms with Gasteiger partial charge < -0.3 is 29.9 Å². The molecule has 12 unspecified atom stereocenters. The van der Waals surface area contributed by atoms with Gasteiger partial charge in [-0.25, -0.2) is 0 Å². The number of ether oxygens (including phenoxy) is 1. The van der Waals surface area contributed by atoms with Crippen molar-refractivity contribution in [2.45, 2.75) is 147 Å². The highest BCUT2D eigenvalue weighted by atomic mass is 16.5. The normalized spacial score (nSPS) is 42.2. The number of aliphatic hydroxyl groups excluding tert-OH is 1. The van der Waals surface area contributed by atoms with Gasteiger partial charge in [0.2, 0.25) is 0 Å². The van der Waals surface area contributed by atoms with Crippen LogP contribution in [0.4, 0.5) is 0 Å². The van der Waals surface area contributed by atoms with E-state index in [2.05, 4.69) is 24.1 Å². The number of hydrogen-bond donors (Lipinski definition) is 3. The van der Waals surface area contributed by atoms with Crippen molar-refractivity contribution in [1.82, 2.24) is 0 Å². The summed E-state index contributed by atoms with van der Waals surface area (Å²) in [4.78, 5) is 27.5. The first-order valence-corrected chi connectivity index (χ1v) is 18.8. The Kier molecular flexibility index (Phi) is 13.0. The Morgan fingerprint density at radius 3 is 2.47 bits per heavy atom. The lowest BCUT2D eigenvalue weighted by atomic mass is 9.63. The van der Waals surface area contributed by atoms with Gasteiger partial charge in [0.05, 0.1) is 18.8 Å². The molecule has 12 atom stereocenters. The van der Waals surface area contributed by atoms with Crippen LogP contribution in [0.3, 0.4) is 0 Å². The van der Waals surface area contributed by atoms with Crippen molar-refractivity contribution >= 4 is 11.6 Å². The summed E-state index contributed by atoms with van der Waals surface area (Å²) in [6, 6.07) is 0. The Morgan fingerprint density at radius 1 is 0.933 bits per heavy atom. The van der Waals surface area contributed by atoms with Crippen LogP contribution in [0.1, 0.15) is 122 Å². The first-order chi connectivity index (χ1) is 21.8. The van der Waals surface area contributed by atoms with Gasteiger partial charge in [-0.15, -0.1) is 0 Å². The van der Waals surface area contributed by atoms with Crippen molar-refractivity contribution in [1.29, 1.82) is 0 Å². The molecule has 4 fully saturated rings. The Bertz CT molecular complexity index is 1030. The van der Waals surface area contributed by atoms with Gasteiger partial charge in [-0.2, -0.15) is 0 Å². The fraction of sp³-hybridized carbons (Fsp3) is 0.895. The summed E-state index contributed by atoms with van der Waals surface area (Å²) >= 11 is 0. The molecule has 0 amide bonds. The van der Waals surface area contributed by atoms with Gasteiger partial charge in [0.1, 0.15) is 17.7 Å². The third kappa shape index (κ3) is 8.99. The number of ketones is 2. The van der Waals surface area contributed by atoms with E-state index in [1.807, 2.05) is 0 Å². The Balaban J connectivity index is 1.51. The Hall–Kier alpha value is -1.30. The highest BCUT2D eigenvalue weighted by Crippen LogP contribution is 2.46. The van der Waals surface area contributed by atoms with Crippen molar-refractivity contribution in [2.24, 2.45) is 59.0 Å². The van der Waals surface area contributed by atoms with Gasteiger partial charge in [-0.3, -0.25) is 5.73 Å². The molecule has 0 bridgehead atoms. The topological polar surface area (TPSA) is 129 Å². The van der Waals surface area contributed by atoms with E-state index in [1.165, 1.54) is 25.7 Å². The fourth-order valence-electron chi connectivity index (χ4n) is 10.3. The predicted molar refractivity (Wildman–Crippen MR) is 173 cm³/mol. The SMILES string of the molecule is CCCCC1CC(CC2CC[NH2+]C(N)C2)CC2C#CC(C3CCCCC3)C3CC(O)C(OC)CC3CCC(=O)C([O-])C(=O)C2C1. The van der Waals surface area contributed by atoms with Crippen molar-refractivity contribution in [3.63, 3.8) is 0 Å². The molecule has 7 nitrogen and oxygen atoms in total. The lowest BCUT2D eigenvalue weighted by Gasteiger charge is -2.44. The second-order valence-corrected chi connectivity index (χ2v) is 15.8. The summed E-state index contributed by atoms with van der Waals surface area (Å²) in [5.74, 6) is 8.48. The van der Waals surface area contributed by atoms with Crippen LogP contribution in [0.2, 0.25) is 0 Å². The maximum Gasteiger partial charge on any atom is 0.137 e. The number of carbonyl (C=O) groups excluding carboxylic acids is 2. The molecule has 3 saturated carbocycles. The average Bonchev–Trinajstić information content (AvgIpc) is 3.21. The number of aliphatic hydroxyl groups is 1. The van der Waals surface area contributed by atoms with Crippen LogP contribution in [-0.4, -0.2) is 54.8 Å². The number of fused-ring (bicyclic) bond motifs is 2. The van der Waals surface area contributed by atoms with E-state index in [4.69, 9.17) is 10.5 Å². The Morgan fingerprint density at radius 2 is 1.73 bits per heavy atom. The summed E-state index contributed by atoms with van der Waals surface area (Å²) in [6.45, 7) is 3.29. The molecule has 0 aromatic heterocycles. The molecule has 5 N–H and O–H groups in total. The number of quaternary nitrogens is 1. The monoisotopic (exact) mass is 626 g/mol. The minimum Gasteiger partial charge on any atom is -0.841 e. The van der Waals surface area contributed by atoms with E-state index < -0.39 is 29.7 Å². The van der Waals surface area contributed by atoms with E-state index in [9.17, 15) is 19.8 Å². The molecule has 45 heavy (non-hydrogen) atoms. The van der Waals surface area contributed by atoms with Gasteiger partial charge in [0.25, 0.3) is 0 Å². The number of carbonyl (C=O) groups is 2. The molecule has 1 heterocycles. The van der Waals surface area contributed by atoms with E-state index >= 15 is 0 Å². The quantitative estimate of drug-likeness (QED) is 0.292. The smallest absolute Gasteiger partial charge is 0.137 e. The summed E-state index contributed by atoms with van der Waals surface area (Å²) < 4.78 is 5.68. The van der Waals surface area contributed by atoms with Gasteiger partial charge in [-0.05, 0) is 106 Å². The predicted octanol–water partition coefficient (Wildman–Crippen LogP) is 3.74. The zero-order chi connectivity index (χ0) is 31.9. The summed E-state index contributed by atoms with van der Waals surface area (Å²) in [5.41, 5.74) is 6.36. The first kappa shape index (κ1) is 35.0. The molecule has 0 aromatic carbocycles. The molecule has 4 aliphatic carbocycles. The van der Waals surface area contributed by atoms with Crippen LogP contribution in [0, 0.1) is 65.1 Å². The van der Waals surface area contributed by atoms with Crippen molar-refractivity contribution in [3.8, 4) is 11.8 Å². The molecule has 1 saturated heterocycles. The summed E-state index contributed by atoms with van der Waals surface area (Å²) in [5, 5.41) is 27.0. The standard InChI is InChI=1S/C38H61N2O5/c1-3-4-8-24-17-26(18-25-15-16-40-36(39)21-25)19-28-11-13-30(27-9-6-5-7-10-27)31-23-34(42)35(45-2)22-29(31)12-14-33(41)38(44)37(43)32(28)20-24/h24-32,34-36,38,40,42H,3-10,12,14-23,39H2,1-2H3/q-1/p+1. The van der Waals surface area contributed by atoms with Crippen molar-refractivity contribution in [3.05, 3.63) is 0 Å². The average molecular weight is 627 g/mol. The van der Waals surface area contributed by atoms with Crippen LogP contribution >= 0.6 is 0 Å². The molecular formula is C38H62N2O5. The van der Waals surface area contributed by atoms with Crippen molar-refractivity contribution in [2.75, 3.05) is 13.7 Å². The van der Waals surface area contributed by atoms with Gasteiger partial charge in [0.15, 0.2) is 0 Å². The van der Waals surface area contributed by atoms with Crippen LogP contribution in [-0.2, 0) is 14.3 Å². The third-order valence-corrected chi connectivity index (χ3v) is 12.7. The second-order valence-electron chi connectivity index (χ2n) is 15.8. The number of unbranched alkanes of at least 4 members (excludes halogenated alkanes) is 1. The number of hydrogen-bond acceptors (Lipinski definition) is 6. The van der Waals surface area contributed by atoms with E-state index in [1.54, 1.807) is 7.11 Å². The summed E-state index contributed by atoms with van der Waals surface area (Å²) in [6.07, 6.45) is 14.8. The highest BCUT2D eigenvalue weighted by molar-refractivity contribution is 6.05. The molecule has 0 spiro atoms. The second kappa shape index (κ2) is 16.7. The molecule has 1 aliphatic heterocycles. The lowest BCUT2D eigenvalue weighted by Crippen LogP contribution is -2.94. The van der Waals surface area contributed by atoms with Gasteiger partial charge in [-0.1, -0.05) is 57.3 Å². The number of Topliss-reactive ketones (excluding diaryl/α,β-unsaturated/α-hetero) is 2. The van der Waals surface area contributed by atoms with E-state index in [0.717, 1.165) is 64.3 Å². The lowest BCUT2D eigenvalue weighted by molar-refractivity contribution is -0.699. The van der Waals surface area contributed by atoms with E-state index in [0.29, 0.717) is 49.4 Å². The zero-order valence-corrected chi connectivity index (χ0v) is 28.2. The summed E-state index contributed by atoms with van der Waals surface area (Å²) in [7, 11) is 1.65. The van der Waals surface area contributed by atoms with Crippen LogP contribution in [0.5, 0.6) is 0 Å². The zero-order valence-electron chi connectivity index (χ0n) is 28.2. The van der Waals surface area contributed by atoms with Gasteiger partial charge >= 0.3 is 0 Å². The number of rotatable bonds is 7. The molecule has 5 rings (SSSR count). The maximum absolute atomic E-state index is 14.1. The third-order valence-electron chi connectivity index (χ3n) is 12.7. The molecular weight excluding hydrogens is 564 g/mol. The first-order valence-electron chi connectivity index (χ1n) is 18.8. The fourth-order valence-corrected chi connectivity index (χ4v) is 10.3. The van der Waals surface area contributed by atoms with Crippen LogP contribution in [0.15, 0.2) is 0 Å². The van der Waals surface area contributed by atoms with Gasteiger partial charge in [0, 0.05) is 37.7 Å². The number of nitrogens with two attached hydrogens (primary N) is 2. The number of piperidine rings is 1. The highest BCUT2D eigenvalue weighted by Gasteiger charge is 2.44. The molecule has 0 radical (unpaired) electrons. The maximum atomic E-state index is 14.1. The number of methoxy groups -OCH3 is 1. The van der Waals surface area contributed by atoms with Crippen LogP contribution in [0.25, 0.3) is 0 Å². The largest absolute Gasteiger partial charge is 0.841 e. The minimum atomic E-state index is -1.81.